The Morgan fingerprint density at radius 1 is 1.05 bits per heavy atom. The number of aryl methyl sites for hydroxylation is 1. The van der Waals surface area contributed by atoms with Crippen LogP contribution in [0.4, 0.5) is 0 Å². The number of benzene rings is 2. The van der Waals surface area contributed by atoms with E-state index in [-0.39, 0.29) is 0 Å². The van der Waals surface area contributed by atoms with E-state index in [4.69, 9.17) is 4.98 Å². The van der Waals surface area contributed by atoms with Crippen molar-refractivity contribution in [2.24, 2.45) is 0 Å². The van der Waals surface area contributed by atoms with Crippen LogP contribution in [0.25, 0.3) is 11.0 Å². The van der Waals surface area contributed by atoms with Crippen LogP contribution in [-0.4, -0.2) is 9.55 Å². The molecular formula is C18H18N2. The summed E-state index contributed by atoms with van der Waals surface area (Å²) < 4.78 is 2.41. The van der Waals surface area contributed by atoms with E-state index >= 15 is 0 Å². The molecule has 0 unspecified atom stereocenters. The lowest BCUT2D eigenvalue weighted by atomic mass is 10.1. The third kappa shape index (κ3) is 1.92. The lowest BCUT2D eigenvalue weighted by Crippen LogP contribution is -2.05. The van der Waals surface area contributed by atoms with Crippen molar-refractivity contribution in [3.63, 3.8) is 0 Å². The van der Waals surface area contributed by atoms with Crippen molar-refractivity contribution in [3.8, 4) is 0 Å². The van der Waals surface area contributed by atoms with Gasteiger partial charge in [-0.1, -0.05) is 36.4 Å². The molecular weight excluding hydrogens is 244 g/mol. The number of para-hydroxylation sites is 2. The number of aromatic nitrogens is 2. The van der Waals surface area contributed by atoms with Crippen LogP contribution in [0, 0.1) is 6.92 Å². The molecule has 1 saturated carbocycles. The molecule has 2 heteroatoms. The molecule has 0 bridgehead atoms. The Labute approximate surface area is 119 Å². The van der Waals surface area contributed by atoms with Gasteiger partial charge in [0.25, 0.3) is 0 Å². The quantitative estimate of drug-likeness (QED) is 0.689. The third-order valence-electron chi connectivity index (χ3n) is 4.22. The van der Waals surface area contributed by atoms with Crippen molar-refractivity contribution < 1.29 is 0 Å². The number of rotatable bonds is 3. The average molecular weight is 262 g/mol. The molecule has 1 aliphatic rings. The maximum atomic E-state index is 4.86. The van der Waals surface area contributed by atoms with Crippen molar-refractivity contribution in [1.82, 2.24) is 9.55 Å². The summed E-state index contributed by atoms with van der Waals surface area (Å²) in [5.41, 5.74) is 5.13. The molecule has 0 amide bonds. The highest BCUT2D eigenvalue weighted by atomic mass is 15.1. The second-order valence-corrected chi connectivity index (χ2v) is 5.75. The lowest BCUT2D eigenvalue weighted by Gasteiger charge is -2.11. The predicted molar refractivity (Wildman–Crippen MR) is 82.0 cm³/mol. The molecule has 1 fully saturated rings. The molecule has 1 heterocycles. The van der Waals surface area contributed by atoms with Gasteiger partial charge >= 0.3 is 0 Å². The maximum absolute atomic E-state index is 4.86. The van der Waals surface area contributed by atoms with Gasteiger partial charge in [0.05, 0.1) is 11.0 Å². The van der Waals surface area contributed by atoms with E-state index in [1.54, 1.807) is 0 Å². The zero-order valence-electron chi connectivity index (χ0n) is 11.7. The Hall–Kier alpha value is -2.09. The number of hydrogen-bond acceptors (Lipinski definition) is 1. The molecule has 1 aromatic heterocycles. The summed E-state index contributed by atoms with van der Waals surface area (Å²) in [7, 11) is 0. The van der Waals surface area contributed by atoms with Crippen LogP contribution in [0.1, 0.15) is 35.7 Å². The summed E-state index contributed by atoms with van der Waals surface area (Å²) in [6, 6.07) is 17.1. The molecule has 0 spiro atoms. The molecule has 1 aliphatic carbocycles. The Bertz CT molecular complexity index is 766. The van der Waals surface area contributed by atoms with Gasteiger partial charge in [-0.3, -0.25) is 0 Å². The summed E-state index contributed by atoms with van der Waals surface area (Å²) in [5.74, 6) is 1.95. The van der Waals surface area contributed by atoms with Crippen LogP contribution in [0.3, 0.4) is 0 Å². The molecule has 2 nitrogen and oxygen atoms in total. The molecule has 0 aliphatic heterocycles. The van der Waals surface area contributed by atoms with Crippen LogP contribution in [0.15, 0.2) is 48.5 Å². The van der Waals surface area contributed by atoms with Gasteiger partial charge in [-0.2, -0.15) is 0 Å². The van der Waals surface area contributed by atoms with Gasteiger partial charge < -0.3 is 4.57 Å². The second kappa shape index (κ2) is 4.48. The van der Waals surface area contributed by atoms with Gasteiger partial charge in [-0.15, -0.1) is 0 Å². The zero-order chi connectivity index (χ0) is 13.5. The number of imidazole rings is 1. The summed E-state index contributed by atoms with van der Waals surface area (Å²) >= 11 is 0. The van der Waals surface area contributed by atoms with E-state index in [2.05, 4.69) is 60.0 Å². The van der Waals surface area contributed by atoms with E-state index in [0.717, 1.165) is 12.1 Å². The highest BCUT2D eigenvalue weighted by Crippen LogP contribution is 2.40. The SMILES string of the molecule is Cc1ccccc1Cn1c(C2CC2)nc2ccccc21. The minimum absolute atomic E-state index is 0.673. The highest BCUT2D eigenvalue weighted by molar-refractivity contribution is 5.76. The number of fused-ring (bicyclic) bond motifs is 1. The fourth-order valence-corrected chi connectivity index (χ4v) is 2.87. The minimum atomic E-state index is 0.673. The Morgan fingerprint density at radius 3 is 2.60 bits per heavy atom. The number of hydrogen-bond donors (Lipinski definition) is 0. The Balaban J connectivity index is 1.85. The summed E-state index contributed by atoms with van der Waals surface area (Å²) in [4.78, 5) is 4.86. The van der Waals surface area contributed by atoms with Crippen LogP contribution in [0.5, 0.6) is 0 Å². The van der Waals surface area contributed by atoms with Crippen LogP contribution in [-0.2, 0) is 6.54 Å². The fraction of sp³-hybridized carbons (Fsp3) is 0.278. The number of nitrogens with zero attached hydrogens (tertiary/aromatic N) is 2. The van der Waals surface area contributed by atoms with Crippen molar-refractivity contribution in [2.45, 2.75) is 32.2 Å². The van der Waals surface area contributed by atoms with Crippen LogP contribution in [0.2, 0.25) is 0 Å². The van der Waals surface area contributed by atoms with E-state index in [9.17, 15) is 0 Å². The van der Waals surface area contributed by atoms with Gasteiger partial charge in [0.1, 0.15) is 5.82 Å². The lowest BCUT2D eigenvalue weighted by molar-refractivity contribution is 0.744. The van der Waals surface area contributed by atoms with Crippen molar-refractivity contribution in [3.05, 3.63) is 65.5 Å². The first-order valence-corrected chi connectivity index (χ1v) is 7.32. The summed E-state index contributed by atoms with van der Waals surface area (Å²) in [6.07, 6.45) is 2.58. The molecule has 0 atom stereocenters. The fourth-order valence-electron chi connectivity index (χ4n) is 2.87. The highest BCUT2D eigenvalue weighted by Gasteiger charge is 2.29. The smallest absolute Gasteiger partial charge is 0.113 e. The topological polar surface area (TPSA) is 17.8 Å². The molecule has 2 aromatic carbocycles. The third-order valence-corrected chi connectivity index (χ3v) is 4.22. The molecule has 100 valence electrons. The van der Waals surface area contributed by atoms with E-state index < -0.39 is 0 Å². The minimum Gasteiger partial charge on any atom is -0.323 e. The Morgan fingerprint density at radius 2 is 1.80 bits per heavy atom. The van der Waals surface area contributed by atoms with Crippen LogP contribution < -0.4 is 0 Å². The Kier molecular flexibility index (Phi) is 2.62. The second-order valence-electron chi connectivity index (χ2n) is 5.75. The normalized spacial score (nSPS) is 14.8. The van der Waals surface area contributed by atoms with Gasteiger partial charge in [0, 0.05) is 12.5 Å². The van der Waals surface area contributed by atoms with E-state index in [0.29, 0.717) is 5.92 Å². The molecule has 4 rings (SSSR count). The van der Waals surface area contributed by atoms with Gasteiger partial charge in [-0.25, -0.2) is 4.98 Å². The molecule has 0 radical (unpaired) electrons. The first-order valence-electron chi connectivity index (χ1n) is 7.32. The molecule has 20 heavy (non-hydrogen) atoms. The van der Waals surface area contributed by atoms with Gasteiger partial charge in [-0.05, 0) is 43.0 Å². The molecule has 0 saturated heterocycles. The standard InChI is InChI=1S/C18H18N2/c1-13-6-2-3-7-15(13)12-20-17-9-5-4-8-16(17)19-18(20)14-10-11-14/h2-9,14H,10-12H2,1H3. The summed E-state index contributed by atoms with van der Waals surface area (Å²) in [5, 5.41) is 0. The average Bonchev–Trinajstić information content (AvgIpc) is 3.25. The first-order chi connectivity index (χ1) is 9.83. The predicted octanol–water partition coefficient (Wildman–Crippen LogP) is 4.27. The van der Waals surface area contributed by atoms with Crippen molar-refractivity contribution in [1.29, 1.82) is 0 Å². The first kappa shape index (κ1) is 11.7. The van der Waals surface area contributed by atoms with Gasteiger partial charge in [0.2, 0.25) is 0 Å². The van der Waals surface area contributed by atoms with E-state index in [1.165, 1.54) is 35.3 Å². The van der Waals surface area contributed by atoms with Gasteiger partial charge in [0.15, 0.2) is 0 Å². The summed E-state index contributed by atoms with van der Waals surface area (Å²) in [6.45, 7) is 3.12. The van der Waals surface area contributed by atoms with Crippen molar-refractivity contribution >= 4 is 11.0 Å². The molecule has 0 N–H and O–H groups in total. The largest absolute Gasteiger partial charge is 0.323 e. The zero-order valence-corrected chi connectivity index (χ0v) is 11.7. The maximum Gasteiger partial charge on any atom is 0.113 e. The monoisotopic (exact) mass is 262 g/mol. The van der Waals surface area contributed by atoms with Crippen LogP contribution >= 0.6 is 0 Å². The van der Waals surface area contributed by atoms with Crippen molar-refractivity contribution in [2.75, 3.05) is 0 Å². The molecule has 3 aromatic rings. The van der Waals surface area contributed by atoms with E-state index in [1.807, 2.05) is 0 Å².